The predicted molar refractivity (Wildman–Crippen MR) is 134 cm³/mol. The van der Waals surface area contributed by atoms with Gasteiger partial charge in [0.1, 0.15) is 28.4 Å². The molecule has 1 N–H and O–H groups in total. The molecule has 8 nitrogen and oxygen atoms in total. The molecule has 2 fully saturated rings. The fourth-order valence-corrected chi connectivity index (χ4v) is 5.36. The second-order valence-corrected chi connectivity index (χ2v) is 11.7. The van der Waals surface area contributed by atoms with Crippen molar-refractivity contribution >= 4 is 28.8 Å². The fourth-order valence-electron chi connectivity index (χ4n) is 4.31. The highest BCUT2D eigenvalue weighted by atomic mass is 32.2. The van der Waals surface area contributed by atoms with Crippen LogP contribution >= 0.6 is 11.8 Å². The highest BCUT2D eigenvalue weighted by molar-refractivity contribution is 7.99. The summed E-state index contributed by atoms with van der Waals surface area (Å²) in [4.78, 5) is 32.7. The Morgan fingerprint density at radius 3 is 2.68 bits per heavy atom. The number of nitrogens with one attached hydrogen (secondary N) is 1. The molecule has 3 heterocycles. The van der Waals surface area contributed by atoms with Crippen LogP contribution in [0.4, 0.5) is 18.0 Å². The Hall–Kier alpha value is -2.47. The SMILES string of the molecule is CC(C)(C)OC(=O)N1CCC(COc2cc(F)c3c(=O)[nH]c(CSC4CCOCC4)nc3c2)C(F)(F)C1. The summed E-state index contributed by atoms with van der Waals surface area (Å²) >= 11 is 1.65. The molecule has 2 aliphatic rings. The van der Waals surface area contributed by atoms with Gasteiger partial charge in [0.15, 0.2) is 0 Å². The molecule has 2 aromatic rings. The van der Waals surface area contributed by atoms with Crippen molar-refractivity contribution in [2.45, 2.75) is 62.6 Å². The third-order valence-corrected chi connectivity index (χ3v) is 7.64. The number of amides is 1. The molecule has 204 valence electrons. The van der Waals surface area contributed by atoms with Crippen LogP contribution < -0.4 is 10.3 Å². The van der Waals surface area contributed by atoms with Crippen LogP contribution in [0, 0.1) is 11.7 Å². The van der Waals surface area contributed by atoms with Crippen molar-refractivity contribution in [3.8, 4) is 5.75 Å². The molecular weight excluding hydrogens is 511 g/mol. The van der Waals surface area contributed by atoms with Gasteiger partial charge >= 0.3 is 6.09 Å². The number of hydrogen-bond acceptors (Lipinski definition) is 7. The molecule has 1 aromatic heterocycles. The normalized spacial score (nSPS) is 20.7. The smallest absolute Gasteiger partial charge is 0.410 e. The number of aromatic amines is 1. The monoisotopic (exact) mass is 543 g/mol. The molecule has 4 rings (SSSR count). The van der Waals surface area contributed by atoms with E-state index >= 15 is 0 Å². The molecule has 0 radical (unpaired) electrons. The van der Waals surface area contributed by atoms with Crippen LogP contribution in [-0.2, 0) is 15.2 Å². The number of hydrogen-bond donors (Lipinski definition) is 1. The Labute approximate surface area is 217 Å². The first-order valence-electron chi connectivity index (χ1n) is 12.3. The van der Waals surface area contributed by atoms with Gasteiger partial charge in [0.05, 0.1) is 30.3 Å². The third kappa shape index (κ3) is 7.10. The minimum Gasteiger partial charge on any atom is -0.493 e. The number of H-pyrrole nitrogens is 1. The number of likely N-dealkylation sites (tertiary alicyclic amines) is 1. The maximum absolute atomic E-state index is 14.8. The minimum absolute atomic E-state index is 0.00615. The van der Waals surface area contributed by atoms with E-state index in [2.05, 4.69) is 9.97 Å². The molecule has 0 bridgehead atoms. The second kappa shape index (κ2) is 11.1. The number of piperidine rings is 1. The molecule has 1 amide bonds. The van der Waals surface area contributed by atoms with E-state index in [0.717, 1.165) is 23.8 Å². The highest BCUT2D eigenvalue weighted by Crippen LogP contribution is 2.34. The van der Waals surface area contributed by atoms with Crippen molar-refractivity contribution in [2.24, 2.45) is 5.92 Å². The highest BCUT2D eigenvalue weighted by Gasteiger charge is 2.47. The summed E-state index contributed by atoms with van der Waals surface area (Å²) in [6.45, 7) is 5.34. The van der Waals surface area contributed by atoms with E-state index in [4.69, 9.17) is 14.2 Å². The number of carbonyl (C=O) groups excluding carboxylic acids is 1. The number of thioether (sulfide) groups is 1. The van der Waals surface area contributed by atoms with E-state index in [0.29, 0.717) is 30.0 Å². The number of alkyl halides is 2. The van der Waals surface area contributed by atoms with Crippen molar-refractivity contribution in [1.82, 2.24) is 14.9 Å². The van der Waals surface area contributed by atoms with Crippen LogP contribution in [0.2, 0.25) is 0 Å². The lowest BCUT2D eigenvalue weighted by Gasteiger charge is -2.38. The molecule has 0 aliphatic carbocycles. The van der Waals surface area contributed by atoms with Crippen LogP contribution in [0.5, 0.6) is 5.75 Å². The van der Waals surface area contributed by atoms with Gasteiger partial charge in [0.2, 0.25) is 0 Å². The first-order valence-corrected chi connectivity index (χ1v) is 13.4. The molecule has 1 atom stereocenters. The second-order valence-electron chi connectivity index (χ2n) is 10.4. The lowest BCUT2D eigenvalue weighted by molar-refractivity contribution is -0.120. The predicted octanol–water partition coefficient (Wildman–Crippen LogP) is 4.75. The standard InChI is InChI=1S/C25H32F3N3O5S/c1-24(2,3)36-23(33)31-7-4-15(25(27,28)14-31)12-35-16-10-18(26)21-19(11-16)29-20(30-22(21)32)13-37-17-5-8-34-9-6-17/h10-11,15,17H,4-9,12-14H2,1-3H3,(H,29,30,32). The van der Waals surface area contributed by atoms with Gasteiger partial charge in [-0.15, -0.1) is 0 Å². The van der Waals surface area contributed by atoms with Gasteiger partial charge in [-0.1, -0.05) is 0 Å². The van der Waals surface area contributed by atoms with Gasteiger partial charge in [-0.25, -0.2) is 22.9 Å². The number of aromatic nitrogens is 2. The number of halogens is 3. The molecule has 37 heavy (non-hydrogen) atoms. The maximum atomic E-state index is 14.8. The summed E-state index contributed by atoms with van der Waals surface area (Å²) in [6.07, 6.45) is 1.03. The molecule has 12 heteroatoms. The number of ether oxygens (including phenoxy) is 3. The first-order chi connectivity index (χ1) is 17.4. The number of benzene rings is 1. The Morgan fingerprint density at radius 2 is 2.00 bits per heavy atom. The molecule has 2 saturated heterocycles. The van der Waals surface area contributed by atoms with E-state index in [-0.39, 0.29) is 36.2 Å². The maximum Gasteiger partial charge on any atom is 0.410 e. The van der Waals surface area contributed by atoms with Crippen molar-refractivity contribution in [2.75, 3.05) is 32.9 Å². The van der Waals surface area contributed by atoms with Crippen LogP contribution in [-0.4, -0.2) is 70.6 Å². The van der Waals surface area contributed by atoms with Crippen molar-refractivity contribution in [3.05, 3.63) is 34.1 Å². The van der Waals surface area contributed by atoms with E-state index < -0.39 is 41.5 Å². The largest absolute Gasteiger partial charge is 0.493 e. The minimum atomic E-state index is -3.21. The Morgan fingerprint density at radius 1 is 1.27 bits per heavy atom. The number of nitrogens with zero attached hydrogens (tertiary/aromatic N) is 2. The Bertz CT molecular complexity index is 1180. The van der Waals surface area contributed by atoms with Gasteiger partial charge in [0, 0.05) is 37.1 Å². The van der Waals surface area contributed by atoms with Crippen molar-refractivity contribution in [1.29, 1.82) is 0 Å². The molecular formula is C25H32F3N3O5S. The van der Waals surface area contributed by atoms with Crippen LogP contribution in [0.3, 0.4) is 0 Å². The summed E-state index contributed by atoms with van der Waals surface area (Å²) in [5, 5.41) is 0.188. The zero-order valence-electron chi connectivity index (χ0n) is 21.2. The van der Waals surface area contributed by atoms with E-state index in [1.165, 1.54) is 6.07 Å². The van der Waals surface area contributed by atoms with Gasteiger partial charge in [0.25, 0.3) is 11.5 Å². The van der Waals surface area contributed by atoms with Crippen molar-refractivity contribution < 1.29 is 32.2 Å². The van der Waals surface area contributed by atoms with Crippen molar-refractivity contribution in [3.63, 3.8) is 0 Å². The van der Waals surface area contributed by atoms with Gasteiger partial charge in [-0.2, -0.15) is 11.8 Å². The summed E-state index contributed by atoms with van der Waals surface area (Å²) in [6, 6.07) is 2.40. The average Bonchev–Trinajstić information content (AvgIpc) is 2.80. The van der Waals surface area contributed by atoms with Crippen LogP contribution in [0.15, 0.2) is 16.9 Å². The quantitative estimate of drug-likeness (QED) is 0.562. The summed E-state index contributed by atoms with van der Waals surface area (Å²) < 4.78 is 60.5. The molecule has 2 aliphatic heterocycles. The zero-order valence-corrected chi connectivity index (χ0v) is 22.0. The van der Waals surface area contributed by atoms with Gasteiger partial charge in [-0.05, 0) is 40.0 Å². The van der Waals surface area contributed by atoms with Crippen LogP contribution in [0.25, 0.3) is 10.9 Å². The Kier molecular flexibility index (Phi) is 8.27. The third-order valence-electron chi connectivity index (χ3n) is 6.26. The fraction of sp³-hybridized carbons (Fsp3) is 0.640. The Balaban J connectivity index is 1.42. The number of rotatable bonds is 6. The average molecular weight is 544 g/mol. The lowest BCUT2D eigenvalue weighted by atomic mass is 9.94. The van der Waals surface area contributed by atoms with E-state index in [9.17, 15) is 22.8 Å². The summed E-state index contributed by atoms with van der Waals surface area (Å²) in [5.74, 6) is -4.36. The molecule has 0 saturated carbocycles. The number of carbonyl (C=O) groups is 1. The van der Waals surface area contributed by atoms with E-state index in [1.54, 1.807) is 32.5 Å². The molecule has 1 aromatic carbocycles. The van der Waals surface area contributed by atoms with Crippen LogP contribution in [0.1, 0.15) is 45.9 Å². The van der Waals surface area contributed by atoms with Gasteiger partial charge in [-0.3, -0.25) is 4.79 Å². The lowest BCUT2D eigenvalue weighted by Crippen LogP contribution is -2.53. The summed E-state index contributed by atoms with van der Waals surface area (Å²) in [5.41, 5.74) is -1.28. The zero-order chi connectivity index (χ0) is 26.8. The molecule has 0 spiro atoms. The first kappa shape index (κ1) is 27.6. The topological polar surface area (TPSA) is 93.8 Å². The molecule has 1 unspecified atom stereocenters. The number of fused-ring (bicyclic) bond motifs is 1. The van der Waals surface area contributed by atoms with E-state index in [1.807, 2.05) is 0 Å². The summed E-state index contributed by atoms with van der Waals surface area (Å²) in [7, 11) is 0. The van der Waals surface area contributed by atoms with Gasteiger partial charge < -0.3 is 24.1 Å².